The van der Waals surface area contributed by atoms with E-state index < -0.39 is 0 Å². The molecule has 0 aliphatic rings. The van der Waals surface area contributed by atoms with Crippen molar-refractivity contribution in [1.29, 1.82) is 0 Å². The van der Waals surface area contributed by atoms with Crippen LogP contribution in [0.3, 0.4) is 0 Å². The van der Waals surface area contributed by atoms with Crippen molar-refractivity contribution in [3.8, 4) is 5.75 Å². The van der Waals surface area contributed by atoms with E-state index in [4.69, 9.17) is 19.2 Å². The molecule has 0 aromatic heterocycles. The second-order valence-corrected chi connectivity index (χ2v) is 6.55. The Balaban J connectivity index is 0.00000729. The van der Waals surface area contributed by atoms with Crippen LogP contribution < -0.4 is 15.4 Å². The van der Waals surface area contributed by atoms with Gasteiger partial charge in [0, 0.05) is 31.9 Å². The number of halogens is 1. The van der Waals surface area contributed by atoms with E-state index in [2.05, 4.69) is 56.5 Å². The molecule has 0 heterocycles. The van der Waals surface area contributed by atoms with Crippen LogP contribution in [0.1, 0.15) is 45.2 Å². The topological polar surface area (TPSA) is 64.1 Å². The standard InChI is InChI=1S/C21H37N3O3.HI/c1-6-22-21(23-11-8-12-26-17(3)4)24-16-19-10-9-18(5)15-20(19)27-14-13-25-7-2;/h9-10,15,17H,6-8,11-14,16H2,1-5H3,(H2,22,23,24);1H. The van der Waals surface area contributed by atoms with Crippen molar-refractivity contribution in [1.82, 2.24) is 10.6 Å². The van der Waals surface area contributed by atoms with Gasteiger partial charge >= 0.3 is 0 Å². The van der Waals surface area contributed by atoms with Crippen LogP contribution in [-0.4, -0.2) is 51.6 Å². The molecule has 6 nitrogen and oxygen atoms in total. The van der Waals surface area contributed by atoms with Crippen LogP contribution in [0.2, 0.25) is 0 Å². The molecule has 0 atom stereocenters. The largest absolute Gasteiger partial charge is 0.491 e. The number of nitrogens with zero attached hydrogens (tertiary/aromatic N) is 1. The van der Waals surface area contributed by atoms with E-state index in [1.54, 1.807) is 0 Å². The number of ether oxygens (including phenoxy) is 3. The summed E-state index contributed by atoms with van der Waals surface area (Å²) in [6.07, 6.45) is 1.22. The fourth-order valence-corrected chi connectivity index (χ4v) is 2.39. The van der Waals surface area contributed by atoms with E-state index in [-0.39, 0.29) is 30.1 Å². The minimum absolute atomic E-state index is 0. The predicted molar refractivity (Wildman–Crippen MR) is 127 cm³/mol. The number of rotatable bonds is 13. The summed E-state index contributed by atoms with van der Waals surface area (Å²) in [6.45, 7) is 15.0. The van der Waals surface area contributed by atoms with Crippen LogP contribution in [0, 0.1) is 6.92 Å². The molecular formula is C21H38IN3O3. The van der Waals surface area contributed by atoms with E-state index >= 15 is 0 Å². The third-order valence-corrected chi connectivity index (χ3v) is 3.73. The summed E-state index contributed by atoms with van der Waals surface area (Å²) < 4.78 is 16.8. The monoisotopic (exact) mass is 507 g/mol. The summed E-state index contributed by atoms with van der Waals surface area (Å²) in [6, 6.07) is 6.22. The lowest BCUT2D eigenvalue weighted by molar-refractivity contribution is 0.0776. The first-order valence-corrected chi connectivity index (χ1v) is 10.0. The Hall–Kier alpha value is -1.06. The van der Waals surface area contributed by atoms with Gasteiger partial charge < -0.3 is 24.8 Å². The molecule has 1 rings (SSSR count). The van der Waals surface area contributed by atoms with Gasteiger partial charge in [0.25, 0.3) is 0 Å². The minimum Gasteiger partial charge on any atom is -0.491 e. The first-order valence-electron chi connectivity index (χ1n) is 10.0. The summed E-state index contributed by atoms with van der Waals surface area (Å²) in [5.74, 6) is 1.68. The third-order valence-electron chi connectivity index (χ3n) is 3.73. The number of nitrogens with one attached hydrogen (secondary N) is 2. The fourth-order valence-electron chi connectivity index (χ4n) is 2.39. The van der Waals surface area contributed by atoms with Crippen LogP contribution >= 0.6 is 24.0 Å². The van der Waals surface area contributed by atoms with E-state index in [0.717, 1.165) is 43.4 Å². The van der Waals surface area contributed by atoms with Crippen molar-refractivity contribution in [2.45, 2.75) is 53.7 Å². The van der Waals surface area contributed by atoms with Gasteiger partial charge in [-0.2, -0.15) is 0 Å². The maximum absolute atomic E-state index is 5.90. The zero-order valence-electron chi connectivity index (χ0n) is 18.0. The third kappa shape index (κ3) is 12.4. The van der Waals surface area contributed by atoms with Gasteiger partial charge in [0.15, 0.2) is 5.96 Å². The zero-order valence-corrected chi connectivity index (χ0v) is 20.4. The second kappa shape index (κ2) is 16.9. The molecule has 28 heavy (non-hydrogen) atoms. The summed E-state index contributed by atoms with van der Waals surface area (Å²) in [7, 11) is 0. The highest BCUT2D eigenvalue weighted by atomic mass is 127. The molecule has 0 aliphatic carbocycles. The summed E-state index contributed by atoms with van der Waals surface area (Å²) in [4.78, 5) is 4.69. The Kier molecular flexibility index (Phi) is 16.2. The number of hydrogen-bond acceptors (Lipinski definition) is 4. The lowest BCUT2D eigenvalue weighted by Gasteiger charge is -2.14. The van der Waals surface area contributed by atoms with E-state index in [0.29, 0.717) is 26.4 Å². The summed E-state index contributed by atoms with van der Waals surface area (Å²) in [5, 5.41) is 6.63. The van der Waals surface area contributed by atoms with Gasteiger partial charge in [0.1, 0.15) is 12.4 Å². The molecule has 0 radical (unpaired) electrons. The Morgan fingerprint density at radius 2 is 1.89 bits per heavy atom. The Morgan fingerprint density at radius 1 is 1.11 bits per heavy atom. The second-order valence-electron chi connectivity index (χ2n) is 6.55. The zero-order chi connectivity index (χ0) is 19.9. The molecule has 0 unspecified atom stereocenters. The van der Waals surface area contributed by atoms with Gasteiger partial charge in [0.2, 0.25) is 0 Å². The van der Waals surface area contributed by atoms with Crippen molar-refractivity contribution in [3.63, 3.8) is 0 Å². The number of aliphatic imine (C=N–C) groups is 1. The Morgan fingerprint density at radius 3 is 2.57 bits per heavy atom. The average Bonchev–Trinajstić information content (AvgIpc) is 2.63. The highest BCUT2D eigenvalue weighted by molar-refractivity contribution is 14.0. The fraction of sp³-hybridized carbons (Fsp3) is 0.667. The molecule has 2 N–H and O–H groups in total. The molecule has 1 aromatic rings. The molecule has 0 saturated carbocycles. The molecule has 0 fully saturated rings. The average molecular weight is 507 g/mol. The van der Waals surface area contributed by atoms with Crippen LogP contribution in [0.5, 0.6) is 5.75 Å². The minimum atomic E-state index is 0. The SMILES string of the molecule is CCNC(=NCc1ccc(C)cc1OCCOCC)NCCCOC(C)C.I. The molecule has 1 aromatic carbocycles. The highest BCUT2D eigenvalue weighted by Gasteiger charge is 2.05. The lowest BCUT2D eigenvalue weighted by atomic mass is 10.1. The maximum Gasteiger partial charge on any atom is 0.191 e. The molecule has 162 valence electrons. The highest BCUT2D eigenvalue weighted by Crippen LogP contribution is 2.21. The van der Waals surface area contributed by atoms with E-state index in [9.17, 15) is 0 Å². The first-order chi connectivity index (χ1) is 13.1. The Bertz CT molecular complexity index is 554. The number of hydrogen-bond donors (Lipinski definition) is 2. The van der Waals surface area contributed by atoms with Crippen molar-refractivity contribution >= 4 is 29.9 Å². The smallest absolute Gasteiger partial charge is 0.191 e. The summed E-state index contributed by atoms with van der Waals surface area (Å²) >= 11 is 0. The number of guanidine groups is 1. The van der Waals surface area contributed by atoms with Gasteiger partial charge in [-0.25, -0.2) is 4.99 Å². The Labute approximate surface area is 187 Å². The molecule has 0 amide bonds. The van der Waals surface area contributed by atoms with Crippen LogP contribution in [0.15, 0.2) is 23.2 Å². The normalized spacial score (nSPS) is 11.3. The lowest BCUT2D eigenvalue weighted by Crippen LogP contribution is -2.38. The van der Waals surface area contributed by atoms with Crippen molar-refractivity contribution < 1.29 is 14.2 Å². The van der Waals surface area contributed by atoms with E-state index in [1.165, 1.54) is 5.56 Å². The first kappa shape index (κ1) is 26.9. The van der Waals surface area contributed by atoms with Crippen LogP contribution in [0.4, 0.5) is 0 Å². The summed E-state index contributed by atoms with van der Waals surface area (Å²) in [5.41, 5.74) is 2.24. The number of aryl methyl sites for hydroxylation is 1. The van der Waals surface area contributed by atoms with Crippen molar-refractivity contribution in [2.24, 2.45) is 4.99 Å². The molecular weight excluding hydrogens is 469 g/mol. The van der Waals surface area contributed by atoms with Crippen molar-refractivity contribution in [2.75, 3.05) is 39.5 Å². The van der Waals surface area contributed by atoms with Crippen molar-refractivity contribution in [3.05, 3.63) is 29.3 Å². The van der Waals surface area contributed by atoms with Gasteiger partial charge in [-0.3, -0.25) is 0 Å². The molecule has 0 spiro atoms. The maximum atomic E-state index is 5.90. The predicted octanol–water partition coefficient (Wildman–Crippen LogP) is 3.90. The molecule has 7 heteroatoms. The van der Waals surface area contributed by atoms with Crippen LogP contribution in [0.25, 0.3) is 0 Å². The van der Waals surface area contributed by atoms with Crippen LogP contribution in [-0.2, 0) is 16.0 Å². The molecule has 0 saturated heterocycles. The van der Waals surface area contributed by atoms with Gasteiger partial charge in [-0.1, -0.05) is 12.1 Å². The molecule has 0 bridgehead atoms. The van der Waals surface area contributed by atoms with Gasteiger partial charge in [-0.05, 0) is 52.7 Å². The van der Waals surface area contributed by atoms with Gasteiger partial charge in [0.05, 0.1) is 19.3 Å². The quantitative estimate of drug-likeness (QED) is 0.184. The van der Waals surface area contributed by atoms with Gasteiger partial charge in [-0.15, -0.1) is 24.0 Å². The van der Waals surface area contributed by atoms with E-state index in [1.807, 2.05) is 6.92 Å². The number of benzene rings is 1. The molecule has 0 aliphatic heterocycles.